The van der Waals surface area contributed by atoms with Crippen molar-refractivity contribution >= 4 is 19.5 Å². The summed E-state index contributed by atoms with van der Waals surface area (Å²) in [6, 6.07) is 8.76. The normalized spacial score (nSPS) is 17.9. The fourth-order valence-electron chi connectivity index (χ4n) is 3.37. The Balaban J connectivity index is 2.20. The number of anilines is 1. The molecule has 1 saturated heterocycles. The van der Waals surface area contributed by atoms with Crippen LogP contribution in [0.3, 0.4) is 0 Å². The monoisotopic (exact) mass is 289 g/mol. The Hall–Kier alpha value is -1.09. The molecular weight excluding hydrogens is 262 g/mol. The number of piperidine rings is 1. The van der Waals surface area contributed by atoms with Gasteiger partial charge in [0.25, 0.3) is 0 Å². The van der Waals surface area contributed by atoms with E-state index in [0.29, 0.717) is 5.78 Å². The highest BCUT2D eigenvalue weighted by Gasteiger charge is 2.31. The molecular formula is C17H27NOSi. The van der Waals surface area contributed by atoms with Crippen molar-refractivity contribution in [3.05, 3.63) is 29.8 Å². The van der Waals surface area contributed by atoms with Gasteiger partial charge in [-0.05, 0) is 43.9 Å². The van der Waals surface area contributed by atoms with E-state index < -0.39 is 8.07 Å². The molecule has 0 bridgehead atoms. The number of ketones is 1. The van der Waals surface area contributed by atoms with Crippen LogP contribution >= 0.6 is 0 Å². The highest BCUT2D eigenvalue weighted by molar-refractivity contribution is 6.80. The van der Waals surface area contributed by atoms with Gasteiger partial charge in [0.05, 0.1) is 8.07 Å². The summed E-state index contributed by atoms with van der Waals surface area (Å²) in [4.78, 5) is 14.5. The van der Waals surface area contributed by atoms with Crippen LogP contribution in [0, 0.1) is 0 Å². The Morgan fingerprint density at radius 1 is 1.05 bits per heavy atom. The second-order valence-electron chi connectivity index (χ2n) is 7.05. The van der Waals surface area contributed by atoms with E-state index in [1.54, 1.807) is 6.92 Å². The van der Waals surface area contributed by atoms with E-state index in [0.717, 1.165) is 0 Å². The minimum absolute atomic E-state index is 0.123. The van der Waals surface area contributed by atoms with Gasteiger partial charge < -0.3 is 4.90 Å². The zero-order chi connectivity index (χ0) is 14.8. The third kappa shape index (κ3) is 3.51. The topological polar surface area (TPSA) is 20.3 Å². The lowest BCUT2D eigenvalue weighted by Crippen LogP contribution is -2.35. The van der Waals surface area contributed by atoms with Gasteiger partial charge in [-0.3, -0.25) is 4.79 Å². The fraction of sp³-hybridized carbons (Fsp3) is 0.588. The SMILES string of the molecule is CC(=O)C(c1ccc(N2CCCCC2)cc1)[Si](C)(C)C. The van der Waals surface area contributed by atoms with Crippen LogP contribution in [0.25, 0.3) is 0 Å². The molecule has 0 aromatic heterocycles. The number of carbonyl (C=O) groups excluding carboxylic acids is 1. The molecule has 0 spiro atoms. The van der Waals surface area contributed by atoms with E-state index in [1.807, 2.05) is 0 Å². The molecule has 0 amide bonds. The molecule has 1 heterocycles. The number of benzene rings is 1. The molecule has 2 nitrogen and oxygen atoms in total. The maximum atomic E-state index is 12.0. The summed E-state index contributed by atoms with van der Waals surface area (Å²) in [5.74, 6) is 0.315. The lowest BCUT2D eigenvalue weighted by atomic mass is 10.1. The lowest BCUT2D eigenvalue weighted by molar-refractivity contribution is -0.116. The van der Waals surface area contributed by atoms with E-state index >= 15 is 0 Å². The lowest BCUT2D eigenvalue weighted by Gasteiger charge is -2.30. The zero-order valence-electron chi connectivity index (χ0n) is 13.3. The minimum atomic E-state index is -1.51. The van der Waals surface area contributed by atoms with Gasteiger partial charge in [-0.25, -0.2) is 0 Å². The molecule has 0 radical (unpaired) electrons. The number of rotatable bonds is 4. The number of nitrogens with zero attached hydrogens (tertiary/aromatic N) is 1. The summed E-state index contributed by atoms with van der Waals surface area (Å²) < 4.78 is 0. The van der Waals surface area contributed by atoms with Gasteiger partial charge in [-0.15, -0.1) is 0 Å². The van der Waals surface area contributed by atoms with E-state index in [4.69, 9.17) is 0 Å². The third-order valence-corrected chi connectivity index (χ3v) is 6.69. The van der Waals surface area contributed by atoms with Crippen molar-refractivity contribution in [3.8, 4) is 0 Å². The van der Waals surface area contributed by atoms with Crippen LogP contribution in [0.1, 0.15) is 37.3 Å². The average molecular weight is 289 g/mol. The summed E-state index contributed by atoms with van der Waals surface area (Å²) >= 11 is 0. The van der Waals surface area contributed by atoms with Gasteiger partial charge in [0.15, 0.2) is 0 Å². The number of carbonyl (C=O) groups is 1. The van der Waals surface area contributed by atoms with E-state index in [1.165, 1.54) is 43.6 Å². The summed E-state index contributed by atoms with van der Waals surface area (Å²) in [7, 11) is -1.51. The van der Waals surface area contributed by atoms with Gasteiger partial charge in [-0.2, -0.15) is 0 Å². The standard InChI is InChI=1S/C17H27NOSi/c1-14(19)17(20(2,3)4)15-8-10-16(11-9-15)18-12-6-5-7-13-18/h8-11,17H,5-7,12-13H2,1-4H3. The molecule has 3 heteroatoms. The van der Waals surface area contributed by atoms with Crippen molar-refractivity contribution in [2.24, 2.45) is 0 Å². The summed E-state index contributed by atoms with van der Waals surface area (Å²) in [6.07, 6.45) is 3.95. The number of hydrogen-bond donors (Lipinski definition) is 0. The molecule has 1 aliphatic heterocycles. The van der Waals surface area contributed by atoms with Gasteiger partial charge in [-0.1, -0.05) is 31.8 Å². The van der Waals surface area contributed by atoms with Crippen LogP contribution < -0.4 is 4.90 Å². The summed E-state index contributed by atoms with van der Waals surface area (Å²) in [5.41, 5.74) is 2.64. The summed E-state index contributed by atoms with van der Waals surface area (Å²) in [5, 5.41) is 0. The Morgan fingerprint density at radius 3 is 2.05 bits per heavy atom. The first-order chi connectivity index (χ1) is 9.39. The second-order valence-corrected chi connectivity index (χ2v) is 12.4. The third-order valence-electron chi connectivity index (χ3n) is 4.22. The van der Waals surface area contributed by atoms with Crippen molar-refractivity contribution in [1.29, 1.82) is 0 Å². The molecule has 1 aromatic carbocycles. The van der Waals surface area contributed by atoms with Crippen molar-refractivity contribution in [1.82, 2.24) is 0 Å². The van der Waals surface area contributed by atoms with Crippen LogP contribution in [0.15, 0.2) is 24.3 Å². The number of hydrogen-bond acceptors (Lipinski definition) is 2. The van der Waals surface area contributed by atoms with Gasteiger partial charge in [0, 0.05) is 24.3 Å². The fourth-order valence-corrected chi connectivity index (χ4v) is 5.79. The molecule has 0 aliphatic carbocycles. The van der Waals surface area contributed by atoms with Gasteiger partial charge >= 0.3 is 0 Å². The molecule has 1 aliphatic rings. The Bertz CT molecular complexity index is 455. The molecule has 1 aromatic rings. The largest absolute Gasteiger partial charge is 0.372 e. The Labute approximate surface area is 124 Å². The van der Waals surface area contributed by atoms with E-state index in [-0.39, 0.29) is 5.54 Å². The van der Waals surface area contributed by atoms with Crippen LogP contribution in [0.2, 0.25) is 19.6 Å². The van der Waals surface area contributed by atoms with Crippen molar-refractivity contribution in [2.45, 2.75) is 51.4 Å². The highest BCUT2D eigenvalue weighted by atomic mass is 28.3. The molecule has 0 saturated carbocycles. The van der Waals surface area contributed by atoms with Crippen molar-refractivity contribution < 1.29 is 4.79 Å². The quantitative estimate of drug-likeness (QED) is 0.773. The molecule has 1 unspecified atom stereocenters. The number of Topliss-reactive ketones (excluding diaryl/α,β-unsaturated/α-hetero) is 1. The Morgan fingerprint density at radius 2 is 1.60 bits per heavy atom. The summed E-state index contributed by atoms with van der Waals surface area (Å²) in [6.45, 7) is 10.9. The predicted molar refractivity (Wildman–Crippen MR) is 89.3 cm³/mol. The molecule has 0 N–H and O–H groups in total. The first-order valence-electron chi connectivity index (χ1n) is 7.75. The maximum Gasteiger partial charge on any atom is 0.134 e. The van der Waals surface area contributed by atoms with Gasteiger partial charge in [0.2, 0.25) is 0 Å². The van der Waals surface area contributed by atoms with Gasteiger partial charge in [0.1, 0.15) is 5.78 Å². The smallest absolute Gasteiger partial charge is 0.134 e. The molecule has 110 valence electrons. The predicted octanol–water partition coefficient (Wildman–Crippen LogP) is 4.23. The second kappa shape index (κ2) is 6.13. The van der Waals surface area contributed by atoms with Crippen LogP contribution in [-0.4, -0.2) is 26.9 Å². The van der Waals surface area contributed by atoms with Crippen molar-refractivity contribution in [3.63, 3.8) is 0 Å². The van der Waals surface area contributed by atoms with E-state index in [2.05, 4.69) is 48.8 Å². The molecule has 20 heavy (non-hydrogen) atoms. The van der Waals surface area contributed by atoms with Crippen LogP contribution in [0.5, 0.6) is 0 Å². The zero-order valence-corrected chi connectivity index (χ0v) is 14.3. The molecule has 2 rings (SSSR count). The van der Waals surface area contributed by atoms with Crippen LogP contribution in [-0.2, 0) is 4.79 Å². The first-order valence-corrected chi connectivity index (χ1v) is 11.3. The van der Waals surface area contributed by atoms with E-state index in [9.17, 15) is 4.79 Å². The highest BCUT2D eigenvalue weighted by Crippen LogP contribution is 2.30. The Kier molecular flexibility index (Phi) is 4.69. The first kappa shape index (κ1) is 15.3. The molecule has 1 fully saturated rings. The minimum Gasteiger partial charge on any atom is -0.372 e. The van der Waals surface area contributed by atoms with Crippen LogP contribution in [0.4, 0.5) is 5.69 Å². The maximum absolute atomic E-state index is 12.0. The van der Waals surface area contributed by atoms with Crippen molar-refractivity contribution in [2.75, 3.05) is 18.0 Å². The molecule has 1 atom stereocenters. The average Bonchev–Trinajstić information content (AvgIpc) is 2.38.